The van der Waals surface area contributed by atoms with Crippen LogP contribution in [-0.4, -0.2) is 53.7 Å². The first-order chi connectivity index (χ1) is 16.5. The fourth-order valence-electron chi connectivity index (χ4n) is 5.01. The van der Waals surface area contributed by atoms with E-state index in [2.05, 4.69) is 29.6 Å². The molecule has 7 nitrogen and oxygen atoms in total. The second-order valence-electron chi connectivity index (χ2n) is 11.0. The monoisotopic (exact) mass is 478 g/mol. The molecule has 0 radical (unpaired) electrons. The number of likely N-dealkylation sites (tertiary alicyclic amines) is 1. The molecule has 2 N–H and O–H groups in total. The normalized spacial score (nSPS) is 20.2. The largest absolute Gasteiger partial charge is 0.481 e. The van der Waals surface area contributed by atoms with Gasteiger partial charge in [0, 0.05) is 31.5 Å². The summed E-state index contributed by atoms with van der Waals surface area (Å²) in [4.78, 5) is 38.9. The van der Waals surface area contributed by atoms with Crippen LogP contribution in [0.3, 0.4) is 0 Å². The fourth-order valence-corrected chi connectivity index (χ4v) is 5.01. The Labute approximate surface area is 206 Å². The van der Waals surface area contributed by atoms with Crippen molar-refractivity contribution in [3.8, 4) is 11.1 Å². The molecule has 186 valence electrons. The zero-order valence-electron chi connectivity index (χ0n) is 20.8. The van der Waals surface area contributed by atoms with Gasteiger partial charge < -0.3 is 20.1 Å². The van der Waals surface area contributed by atoms with Crippen LogP contribution in [0.4, 0.5) is 4.79 Å². The van der Waals surface area contributed by atoms with Gasteiger partial charge in [-0.3, -0.25) is 9.59 Å². The predicted octanol–water partition coefficient (Wildman–Crippen LogP) is 4.65. The highest BCUT2D eigenvalue weighted by Crippen LogP contribution is 2.44. The lowest BCUT2D eigenvalue weighted by Gasteiger charge is -2.32. The molecule has 4 rings (SSSR count). The van der Waals surface area contributed by atoms with E-state index in [-0.39, 0.29) is 31.4 Å². The molecule has 2 aromatic carbocycles. The number of carbonyl (C=O) groups is 3. The maximum absolute atomic E-state index is 13.0. The number of ether oxygens (including phenoxy) is 1. The number of fused-ring (bicyclic) bond motifs is 3. The molecular formula is C28H34N2O5. The Morgan fingerprint density at radius 2 is 1.66 bits per heavy atom. The Morgan fingerprint density at radius 3 is 2.17 bits per heavy atom. The van der Waals surface area contributed by atoms with E-state index in [0.29, 0.717) is 13.0 Å². The molecule has 2 amide bonds. The highest BCUT2D eigenvalue weighted by Gasteiger charge is 2.43. The van der Waals surface area contributed by atoms with Crippen molar-refractivity contribution in [1.82, 2.24) is 10.2 Å². The number of alkyl carbamates (subject to hydrolysis) is 1. The van der Waals surface area contributed by atoms with Gasteiger partial charge in [0.15, 0.2) is 0 Å². The first-order valence-electron chi connectivity index (χ1n) is 12.1. The van der Waals surface area contributed by atoms with Gasteiger partial charge in [0.05, 0.1) is 5.41 Å². The standard InChI is InChI=1S/C28H34N2O5/c1-27(2,3)23(15-24(31)30-14-13-28(4,17-30)25(32)33)29-26(34)35-16-22-20-11-7-5-9-18(20)19-10-6-8-12-21(19)22/h5-12,22-23H,13-17H2,1-4H3,(H,29,34)(H,32,33). The molecule has 0 aromatic heterocycles. The third-order valence-electron chi connectivity index (χ3n) is 7.40. The topological polar surface area (TPSA) is 95.9 Å². The molecule has 2 unspecified atom stereocenters. The summed E-state index contributed by atoms with van der Waals surface area (Å²) in [5.74, 6) is -1.09. The van der Waals surface area contributed by atoms with Crippen molar-refractivity contribution in [3.05, 3.63) is 59.7 Å². The summed E-state index contributed by atoms with van der Waals surface area (Å²) >= 11 is 0. The van der Waals surface area contributed by atoms with E-state index < -0.39 is 28.9 Å². The molecular weight excluding hydrogens is 444 g/mol. The van der Waals surface area contributed by atoms with Crippen molar-refractivity contribution in [2.75, 3.05) is 19.7 Å². The summed E-state index contributed by atoms with van der Waals surface area (Å²) in [6.07, 6.45) is -0.0475. The second-order valence-corrected chi connectivity index (χ2v) is 11.0. The van der Waals surface area contributed by atoms with Crippen LogP contribution in [0.15, 0.2) is 48.5 Å². The molecule has 1 fully saturated rings. The van der Waals surface area contributed by atoms with Crippen LogP contribution in [0.1, 0.15) is 57.6 Å². The van der Waals surface area contributed by atoms with E-state index in [9.17, 15) is 19.5 Å². The molecule has 7 heteroatoms. The van der Waals surface area contributed by atoms with Gasteiger partial charge in [-0.25, -0.2) is 4.79 Å². The van der Waals surface area contributed by atoms with Crippen LogP contribution in [0.5, 0.6) is 0 Å². The lowest BCUT2D eigenvalue weighted by molar-refractivity contribution is -0.147. The maximum Gasteiger partial charge on any atom is 0.407 e. The number of carboxylic acid groups (broad SMARTS) is 1. The Bertz CT molecular complexity index is 1090. The average molecular weight is 479 g/mol. The van der Waals surface area contributed by atoms with E-state index in [0.717, 1.165) is 22.3 Å². The number of amides is 2. The lowest BCUT2D eigenvalue weighted by atomic mass is 9.84. The first kappa shape index (κ1) is 24.8. The quantitative estimate of drug-likeness (QED) is 0.630. The number of hydrogen-bond donors (Lipinski definition) is 2. The van der Waals surface area contributed by atoms with Crippen LogP contribution in [0, 0.1) is 10.8 Å². The molecule has 0 saturated carbocycles. The third-order valence-corrected chi connectivity index (χ3v) is 7.40. The number of hydrogen-bond acceptors (Lipinski definition) is 4. The number of aliphatic carboxylic acids is 1. The molecule has 35 heavy (non-hydrogen) atoms. The van der Waals surface area contributed by atoms with Crippen LogP contribution >= 0.6 is 0 Å². The first-order valence-corrected chi connectivity index (χ1v) is 12.1. The van der Waals surface area contributed by atoms with Crippen LogP contribution < -0.4 is 5.32 Å². The predicted molar refractivity (Wildman–Crippen MR) is 133 cm³/mol. The van der Waals surface area contributed by atoms with Crippen LogP contribution in [0.25, 0.3) is 11.1 Å². The summed E-state index contributed by atoms with van der Waals surface area (Å²) in [5, 5.41) is 12.4. The minimum atomic E-state index is -0.923. The molecule has 1 aliphatic carbocycles. The zero-order chi connectivity index (χ0) is 25.4. The Hall–Kier alpha value is -3.35. The molecule has 0 spiro atoms. The highest BCUT2D eigenvalue weighted by atomic mass is 16.5. The molecule has 1 aliphatic heterocycles. The Kier molecular flexibility index (Phi) is 6.62. The zero-order valence-corrected chi connectivity index (χ0v) is 20.8. The number of nitrogens with one attached hydrogen (secondary N) is 1. The number of rotatable bonds is 6. The van der Waals surface area contributed by atoms with Crippen molar-refractivity contribution >= 4 is 18.0 Å². The van der Waals surface area contributed by atoms with Crippen molar-refractivity contribution in [2.45, 2.75) is 52.5 Å². The summed E-state index contributed by atoms with van der Waals surface area (Å²) in [6, 6.07) is 15.9. The van der Waals surface area contributed by atoms with E-state index in [1.807, 2.05) is 45.0 Å². The van der Waals surface area contributed by atoms with Gasteiger partial charge in [-0.1, -0.05) is 69.3 Å². The van der Waals surface area contributed by atoms with Gasteiger partial charge in [0.2, 0.25) is 5.91 Å². The summed E-state index contributed by atoms with van der Waals surface area (Å²) in [7, 11) is 0. The van der Waals surface area contributed by atoms with Crippen LogP contribution in [-0.2, 0) is 14.3 Å². The smallest absolute Gasteiger partial charge is 0.407 e. The molecule has 0 bridgehead atoms. The SMILES string of the molecule is CC1(C(=O)O)CCN(C(=O)CC(NC(=O)OCC2c3ccccc3-c3ccccc32)C(C)(C)C)C1. The van der Waals surface area contributed by atoms with E-state index in [4.69, 9.17) is 4.74 Å². The van der Waals surface area contributed by atoms with Gasteiger partial charge in [0.1, 0.15) is 6.61 Å². The van der Waals surface area contributed by atoms with Crippen LogP contribution in [0.2, 0.25) is 0 Å². The highest BCUT2D eigenvalue weighted by molar-refractivity contribution is 5.82. The lowest BCUT2D eigenvalue weighted by Crippen LogP contribution is -2.47. The van der Waals surface area contributed by atoms with Gasteiger partial charge in [-0.2, -0.15) is 0 Å². The maximum atomic E-state index is 13.0. The summed E-state index contributed by atoms with van der Waals surface area (Å²) < 4.78 is 5.68. The average Bonchev–Trinajstić information content (AvgIpc) is 3.36. The number of nitrogens with zero attached hydrogens (tertiary/aromatic N) is 1. The Morgan fingerprint density at radius 1 is 1.09 bits per heavy atom. The molecule has 2 atom stereocenters. The molecule has 2 aromatic rings. The number of carboxylic acids is 1. The van der Waals surface area contributed by atoms with Gasteiger partial charge in [-0.05, 0) is 41.0 Å². The van der Waals surface area contributed by atoms with Crippen molar-refractivity contribution in [2.24, 2.45) is 10.8 Å². The molecule has 2 aliphatic rings. The van der Waals surface area contributed by atoms with E-state index in [1.165, 1.54) is 0 Å². The van der Waals surface area contributed by atoms with Crippen molar-refractivity contribution < 1.29 is 24.2 Å². The minimum absolute atomic E-state index is 0.0406. The third kappa shape index (κ3) is 5.04. The number of benzene rings is 2. The van der Waals surface area contributed by atoms with Gasteiger partial charge in [-0.15, -0.1) is 0 Å². The minimum Gasteiger partial charge on any atom is -0.481 e. The molecule has 1 saturated heterocycles. The summed E-state index contributed by atoms with van der Waals surface area (Å²) in [6.45, 7) is 8.33. The van der Waals surface area contributed by atoms with Crippen molar-refractivity contribution in [3.63, 3.8) is 0 Å². The van der Waals surface area contributed by atoms with Gasteiger partial charge in [0.25, 0.3) is 0 Å². The van der Waals surface area contributed by atoms with Crippen molar-refractivity contribution in [1.29, 1.82) is 0 Å². The van der Waals surface area contributed by atoms with E-state index in [1.54, 1.807) is 11.8 Å². The number of carbonyl (C=O) groups excluding carboxylic acids is 2. The van der Waals surface area contributed by atoms with E-state index >= 15 is 0 Å². The fraction of sp³-hybridized carbons (Fsp3) is 0.464. The molecule has 1 heterocycles. The van der Waals surface area contributed by atoms with Gasteiger partial charge >= 0.3 is 12.1 Å². The summed E-state index contributed by atoms with van der Waals surface area (Å²) in [5.41, 5.74) is 3.28. The Balaban J connectivity index is 1.39. The second kappa shape index (κ2) is 9.36.